The van der Waals surface area contributed by atoms with Gasteiger partial charge in [0.15, 0.2) is 5.78 Å². The predicted octanol–water partition coefficient (Wildman–Crippen LogP) is 4.06. The standard InChI is InChI=1S/C16H24O2S/c1-3-7-14(12-18-2)10-11-19-13-16(17)15-8-5-4-6-9-15/h4-6,8-9,14H,3,7,10-13H2,1-2H3. The second-order valence-electron chi connectivity index (χ2n) is 4.74. The first-order chi connectivity index (χ1) is 9.27. The molecule has 1 aromatic carbocycles. The van der Waals surface area contributed by atoms with Crippen LogP contribution in [0.4, 0.5) is 0 Å². The van der Waals surface area contributed by atoms with Crippen LogP contribution in [0.1, 0.15) is 36.5 Å². The van der Waals surface area contributed by atoms with Crippen LogP contribution in [-0.2, 0) is 4.74 Å². The van der Waals surface area contributed by atoms with Crippen LogP contribution >= 0.6 is 11.8 Å². The number of rotatable bonds is 10. The number of Topliss-reactive ketones (excluding diaryl/α,β-unsaturated/α-hetero) is 1. The third kappa shape index (κ3) is 6.79. The Balaban J connectivity index is 2.21. The molecule has 19 heavy (non-hydrogen) atoms. The summed E-state index contributed by atoms with van der Waals surface area (Å²) < 4.78 is 5.23. The molecule has 0 amide bonds. The molecule has 0 aromatic heterocycles. The van der Waals surface area contributed by atoms with Crippen molar-refractivity contribution in [3.63, 3.8) is 0 Å². The van der Waals surface area contributed by atoms with Crippen molar-refractivity contribution < 1.29 is 9.53 Å². The second-order valence-corrected chi connectivity index (χ2v) is 5.85. The molecule has 106 valence electrons. The molecule has 0 aliphatic carbocycles. The molecule has 3 heteroatoms. The van der Waals surface area contributed by atoms with E-state index in [9.17, 15) is 4.79 Å². The van der Waals surface area contributed by atoms with Gasteiger partial charge in [-0.2, -0.15) is 11.8 Å². The number of ether oxygens (including phenoxy) is 1. The topological polar surface area (TPSA) is 26.3 Å². The van der Waals surface area contributed by atoms with Gasteiger partial charge in [-0.25, -0.2) is 0 Å². The van der Waals surface area contributed by atoms with E-state index in [4.69, 9.17) is 4.74 Å². The zero-order valence-electron chi connectivity index (χ0n) is 11.9. The lowest BCUT2D eigenvalue weighted by atomic mass is 10.0. The summed E-state index contributed by atoms with van der Waals surface area (Å²) in [6.45, 7) is 3.04. The van der Waals surface area contributed by atoms with E-state index in [2.05, 4.69) is 6.92 Å². The maximum absolute atomic E-state index is 11.9. The molecule has 0 radical (unpaired) electrons. The lowest BCUT2D eigenvalue weighted by molar-refractivity contribution is 0.102. The van der Waals surface area contributed by atoms with Crippen molar-refractivity contribution in [1.82, 2.24) is 0 Å². The highest BCUT2D eigenvalue weighted by Crippen LogP contribution is 2.16. The number of thioether (sulfide) groups is 1. The van der Waals surface area contributed by atoms with Crippen LogP contribution < -0.4 is 0 Å². The minimum absolute atomic E-state index is 0.226. The highest BCUT2D eigenvalue weighted by atomic mass is 32.2. The number of methoxy groups -OCH3 is 1. The van der Waals surface area contributed by atoms with Gasteiger partial charge in [0.2, 0.25) is 0 Å². The maximum atomic E-state index is 11.9. The number of benzene rings is 1. The normalized spacial score (nSPS) is 12.3. The lowest BCUT2D eigenvalue weighted by Gasteiger charge is -2.14. The van der Waals surface area contributed by atoms with Crippen molar-refractivity contribution in [3.8, 4) is 0 Å². The van der Waals surface area contributed by atoms with Gasteiger partial charge in [0.1, 0.15) is 0 Å². The first-order valence-corrected chi connectivity index (χ1v) is 8.08. The zero-order valence-corrected chi connectivity index (χ0v) is 12.7. The molecule has 2 nitrogen and oxygen atoms in total. The number of hydrogen-bond donors (Lipinski definition) is 0. The molecular formula is C16H24O2S. The molecule has 0 aliphatic rings. The Morgan fingerprint density at radius 3 is 2.63 bits per heavy atom. The summed E-state index contributed by atoms with van der Waals surface area (Å²) in [4.78, 5) is 11.9. The van der Waals surface area contributed by atoms with Crippen LogP contribution in [0.15, 0.2) is 30.3 Å². The van der Waals surface area contributed by atoms with Crippen LogP contribution in [0.5, 0.6) is 0 Å². The van der Waals surface area contributed by atoms with Crippen LogP contribution in [0, 0.1) is 5.92 Å². The minimum atomic E-state index is 0.226. The highest BCUT2D eigenvalue weighted by Gasteiger charge is 2.09. The Hall–Kier alpha value is -0.800. The fourth-order valence-corrected chi connectivity index (χ4v) is 3.07. The number of carbonyl (C=O) groups excluding carboxylic acids is 1. The predicted molar refractivity (Wildman–Crippen MR) is 83.0 cm³/mol. The average molecular weight is 280 g/mol. The Morgan fingerprint density at radius 1 is 1.26 bits per heavy atom. The molecule has 0 N–H and O–H groups in total. The summed E-state index contributed by atoms with van der Waals surface area (Å²) in [7, 11) is 1.76. The Bertz CT molecular complexity index is 345. The molecule has 0 saturated carbocycles. The quantitative estimate of drug-likeness (QED) is 0.477. The van der Waals surface area contributed by atoms with Gasteiger partial charge in [-0.15, -0.1) is 0 Å². The van der Waals surface area contributed by atoms with Crippen molar-refractivity contribution in [1.29, 1.82) is 0 Å². The van der Waals surface area contributed by atoms with E-state index in [0.717, 1.165) is 24.3 Å². The Labute approximate surface area is 120 Å². The molecule has 0 bridgehead atoms. The summed E-state index contributed by atoms with van der Waals surface area (Å²) in [6.07, 6.45) is 3.54. The van der Waals surface area contributed by atoms with Crippen molar-refractivity contribution in [2.75, 3.05) is 25.2 Å². The summed E-state index contributed by atoms with van der Waals surface area (Å²) in [6, 6.07) is 9.52. The van der Waals surface area contributed by atoms with E-state index in [1.807, 2.05) is 30.3 Å². The van der Waals surface area contributed by atoms with Crippen molar-refractivity contribution in [2.45, 2.75) is 26.2 Å². The van der Waals surface area contributed by atoms with Crippen LogP contribution in [0.25, 0.3) is 0 Å². The van der Waals surface area contributed by atoms with Gasteiger partial charge in [-0.1, -0.05) is 43.7 Å². The van der Waals surface area contributed by atoms with Gasteiger partial charge >= 0.3 is 0 Å². The average Bonchev–Trinajstić information content (AvgIpc) is 2.44. The van der Waals surface area contributed by atoms with Gasteiger partial charge in [-0.05, 0) is 24.5 Å². The summed E-state index contributed by atoms with van der Waals surface area (Å²) in [5.74, 6) is 2.47. The molecule has 0 saturated heterocycles. The van der Waals surface area contributed by atoms with Crippen molar-refractivity contribution in [2.24, 2.45) is 5.92 Å². The van der Waals surface area contributed by atoms with E-state index in [-0.39, 0.29) is 5.78 Å². The van der Waals surface area contributed by atoms with Gasteiger partial charge in [0.05, 0.1) is 5.75 Å². The molecule has 1 aromatic rings. The monoisotopic (exact) mass is 280 g/mol. The van der Waals surface area contributed by atoms with Crippen LogP contribution in [0.3, 0.4) is 0 Å². The molecule has 0 aliphatic heterocycles. The molecule has 0 spiro atoms. The van der Waals surface area contributed by atoms with E-state index >= 15 is 0 Å². The Morgan fingerprint density at radius 2 is 2.00 bits per heavy atom. The minimum Gasteiger partial charge on any atom is -0.384 e. The second kappa shape index (κ2) is 10.0. The van der Waals surface area contributed by atoms with Gasteiger partial charge in [0, 0.05) is 19.3 Å². The van der Waals surface area contributed by atoms with Crippen molar-refractivity contribution >= 4 is 17.5 Å². The highest BCUT2D eigenvalue weighted by molar-refractivity contribution is 7.99. The lowest BCUT2D eigenvalue weighted by Crippen LogP contribution is -2.10. The van der Waals surface area contributed by atoms with E-state index in [1.165, 1.54) is 12.8 Å². The Kier molecular flexibility index (Phi) is 8.59. The summed E-state index contributed by atoms with van der Waals surface area (Å²) >= 11 is 1.73. The van der Waals surface area contributed by atoms with E-state index in [0.29, 0.717) is 11.7 Å². The van der Waals surface area contributed by atoms with Gasteiger partial charge < -0.3 is 4.74 Å². The number of hydrogen-bond acceptors (Lipinski definition) is 3. The van der Waals surface area contributed by atoms with Crippen LogP contribution in [-0.4, -0.2) is 31.0 Å². The number of carbonyl (C=O) groups is 1. The zero-order chi connectivity index (χ0) is 13.9. The molecule has 0 fully saturated rings. The first-order valence-electron chi connectivity index (χ1n) is 6.92. The van der Waals surface area contributed by atoms with Gasteiger partial charge in [0.25, 0.3) is 0 Å². The first kappa shape index (κ1) is 16.3. The third-order valence-electron chi connectivity index (χ3n) is 3.10. The largest absolute Gasteiger partial charge is 0.384 e. The van der Waals surface area contributed by atoms with Crippen molar-refractivity contribution in [3.05, 3.63) is 35.9 Å². The number of ketones is 1. The van der Waals surface area contributed by atoms with Gasteiger partial charge in [-0.3, -0.25) is 4.79 Å². The van der Waals surface area contributed by atoms with E-state index in [1.54, 1.807) is 18.9 Å². The van der Waals surface area contributed by atoms with E-state index < -0.39 is 0 Å². The fourth-order valence-electron chi connectivity index (χ4n) is 2.08. The van der Waals surface area contributed by atoms with Crippen LogP contribution in [0.2, 0.25) is 0 Å². The maximum Gasteiger partial charge on any atom is 0.172 e. The smallest absolute Gasteiger partial charge is 0.172 e. The third-order valence-corrected chi connectivity index (χ3v) is 4.09. The molecule has 1 rings (SSSR count). The molecular weight excluding hydrogens is 256 g/mol. The molecule has 0 heterocycles. The molecule has 1 atom stereocenters. The SMILES string of the molecule is CCCC(CCSCC(=O)c1ccccc1)COC. The summed E-state index contributed by atoms with van der Waals surface area (Å²) in [5.41, 5.74) is 0.817. The summed E-state index contributed by atoms with van der Waals surface area (Å²) in [5, 5.41) is 0. The molecule has 1 unspecified atom stereocenters. The fraction of sp³-hybridized carbons (Fsp3) is 0.562.